The monoisotopic (exact) mass is 384 g/mol. The van der Waals surface area contributed by atoms with Crippen LogP contribution in [-0.2, 0) is 5.75 Å². The van der Waals surface area contributed by atoms with Crippen molar-refractivity contribution in [3.05, 3.63) is 63.1 Å². The van der Waals surface area contributed by atoms with Gasteiger partial charge in [0.15, 0.2) is 5.16 Å². The molecule has 0 saturated carbocycles. The molecule has 0 aliphatic rings. The van der Waals surface area contributed by atoms with Gasteiger partial charge in [-0.3, -0.25) is 4.79 Å². The molecule has 3 heterocycles. The Morgan fingerprint density at radius 2 is 2.04 bits per heavy atom. The Morgan fingerprint density at radius 1 is 1.27 bits per heavy atom. The molecule has 0 amide bonds. The number of nitrogen functional groups attached to an aromatic ring is 1. The van der Waals surface area contributed by atoms with Gasteiger partial charge in [0.05, 0.1) is 11.1 Å². The quantitative estimate of drug-likeness (QED) is 0.328. The van der Waals surface area contributed by atoms with Crippen LogP contribution in [0.3, 0.4) is 0 Å². The highest BCUT2D eigenvalue weighted by Crippen LogP contribution is 2.32. The molecule has 0 fully saturated rings. The van der Waals surface area contributed by atoms with Crippen LogP contribution in [0.4, 0.5) is 0 Å². The summed E-state index contributed by atoms with van der Waals surface area (Å²) in [5.74, 6) is 7.42. The summed E-state index contributed by atoms with van der Waals surface area (Å²) in [7, 11) is 0. The van der Waals surface area contributed by atoms with E-state index in [1.165, 1.54) is 23.1 Å². The highest BCUT2D eigenvalue weighted by molar-refractivity contribution is 7.98. The molecule has 8 heteroatoms. The number of hydrogen-bond donors (Lipinski definition) is 1. The maximum atomic E-state index is 12.9. The van der Waals surface area contributed by atoms with Crippen LogP contribution in [0.25, 0.3) is 21.3 Å². The molecule has 0 unspecified atom stereocenters. The largest absolute Gasteiger partial charge is 0.361 e. The molecular formula is C18H16N4O2S2. The lowest BCUT2D eigenvalue weighted by molar-refractivity contribution is 0.392. The minimum atomic E-state index is -0.239. The minimum Gasteiger partial charge on any atom is -0.361 e. The SMILES string of the molecule is Cc1noc(C)c1CSc1nc2scc(-c3ccccc3)c2c(=O)n1N. The van der Waals surface area contributed by atoms with Crippen molar-refractivity contribution in [1.29, 1.82) is 0 Å². The van der Waals surface area contributed by atoms with E-state index in [0.29, 0.717) is 21.1 Å². The molecule has 132 valence electrons. The van der Waals surface area contributed by atoms with Crippen LogP contribution in [0.2, 0.25) is 0 Å². The first-order valence-electron chi connectivity index (χ1n) is 7.95. The number of benzene rings is 1. The summed E-state index contributed by atoms with van der Waals surface area (Å²) in [6.45, 7) is 3.76. The second-order valence-corrected chi connectivity index (χ2v) is 7.66. The third-order valence-corrected chi connectivity index (χ3v) is 6.07. The van der Waals surface area contributed by atoms with Crippen molar-refractivity contribution >= 4 is 33.3 Å². The number of aromatic nitrogens is 3. The molecule has 4 aromatic rings. The van der Waals surface area contributed by atoms with Gasteiger partial charge >= 0.3 is 0 Å². The van der Waals surface area contributed by atoms with E-state index < -0.39 is 0 Å². The van der Waals surface area contributed by atoms with Gasteiger partial charge in [-0.1, -0.05) is 47.3 Å². The minimum absolute atomic E-state index is 0.239. The first kappa shape index (κ1) is 16.9. The molecule has 26 heavy (non-hydrogen) atoms. The summed E-state index contributed by atoms with van der Waals surface area (Å²) in [5.41, 5.74) is 3.44. The van der Waals surface area contributed by atoms with Gasteiger partial charge < -0.3 is 10.4 Å². The van der Waals surface area contributed by atoms with Crippen molar-refractivity contribution in [1.82, 2.24) is 14.8 Å². The highest BCUT2D eigenvalue weighted by Gasteiger charge is 2.17. The third-order valence-electron chi connectivity index (χ3n) is 4.22. The van der Waals surface area contributed by atoms with Gasteiger partial charge in [-0.05, 0) is 19.4 Å². The maximum Gasteiger partial charge on any atom is 0.282 e. The van der Waals surface area contributed by atoms with Crippen LogP contribution in [0.5, 0.6) is 0 Å². The van der Waals surface area contributed by atoms with Crippen molar-refractivity contribution in [2.75, 3.05) is 5.84 Å². The summed E-state index contributed by atoms with van der Waals surface area (Å²) in [6.07, 6.45) is 0. The van der Waals surface area contributed by atoms with Crippen molar-refractivity contribution in [3.8, 4) is 11.1 Å². The summed E-state index contributed by atoms with van der Waals surface area (Å²) in [4.78, 5) is 18.2. The molecule has 2 N–H and O–H groups in total. The molecule has 0 radical (unpaired) electrons. The Morgan fingerprint density at radius 3 is 2.73 bits per heavy atom. The van der Waals surface area contributed by atoms with E-state index in [-0.39, 0.29) is 5.56 Å². The average molecular weight is 384 g/mol. The number of rotatable bonds is 4. The van der Waals surface area contributed by atoms with E-state index in [9.17, 15) is 4.79 Å². The molecule has 3 aromatic heterocycles. The fourth-order valence-electron chi connectivity index (χ4n) is 2.76. The van der Waals surface area contributed by atoms with E-state index in [1.54, 1.807) is 0 Å². The van der Waals surface area contributed by atoms with Gasteiger partial charge in [-0.15, -0.1) is 11.3 Å². The van der Waals surface area contributed by atoms with Gasteiger partial charge in [0.2, 0.25) is 0 Å². The number of nitrogens with zero attached hydrogens (tertiary/aromatic N) is 3. The normalized spacial score (nSPS) is 11.3. The summed E-state index contributed by atoms with van der Waals surface area (Å²) in [6, 6.07) is 9.78. The molecule has 0 spiro atoms. The Hall–Kier alpha value is -2.58. The molecule has 0 atom stereocenters. The van der Waals surface area contributed by atoms with Crippen molar-refractivity contribution in [3.63, 3.8) is 0 Å². The van der Waals surface area contributed by atoms with E-state index in [4.69, 9.17) is 10.4 Å². The van der Waals surface area contributed by atoms with Gasteiger partial charge in [-0.25, -0.2) is 9.66 Å². The van der Waals surface area contributed by atoms with Crippen LogP contribution in [0, 0.1) is 13.8 Å². The van der Waals surface area contributed by atoms with E-state index >= 15 is 0 Å². The zero-order valence-corrected chi connectivity index (χ0v) is 15.9. The van der Waals surface area contributed by atoms with Crippen molar-refractivity contribution < 1.29 is 4.52 Å². The lowest BCUT2D eigenvalue weighted by Crippen LogP contribution is -2.29. The number of thioether (sulfide) groups is 1. The lowest BCUT2D eigenvalue weighted by atomic mass is 10.1. The second kappa shape index (κ2) is 6.62. The molecular weight excluding hydrogens is 368 g/mol. The molecule has 1 aromatic carbocycles. The molecule has 0 saturated heterocycles. The number of aryl methyl sites for hydroxylation is 2. The molecule has 0 aliphatic carbocycles. The fraction of sp³-hybridized carbons (Fsp3) is 0.167. The van der Waals surface area contributed by atoms with Crippen LogP contribution < -0.4 is 11.4 Å². The van der Waals surface area contributed by atoms with Gasteiger partial charge in [0.25, 0.3) is 5.56 Å². The zero-order valence-electron chi connectivity index (χ0n) is 14.2. The predicted molar refractivity (Wildman–Crippen MR) is 105 cm³/mol. The smallest absolute Gasteiger partial charge is 0.282 e. The standard InChI is InChI=1S/C18H16N4O2S2/c1-10-13(11(2)24-21-10)8-26-18-20-16-15(17(23)22(18)19)14(9-25-16)12-6-4-3-5-7-12/h3-7,9H,8,19H2,1-2H3. The Labute approximate surface area is 157 Å². The number of thiophene rings is 1. The maximum absolute atomic E-state index is 12.9. The molecule has 0 aliphatic heterocycles. The van der Waals surface area contributed by atoms with Gasteiger partial charge in [0, 0.05) is 22.3 Å². The Balaban J connectivity index is 1.75. The highest BCUT2D eigenvalue weighted by atomic mass is 32.2. The average Bonchev–Trinajstić information content (AvgIpc) is 3.21. The van der Waals surface area contributed by atoms with E-state index in [0.717, 1.165) is 32.8 Å². The van der Waals surface area contributed by atoms with Gasteiger partial charge in [0.1, 0.15) is 10.6 Å². The first-order valence-corrected chi connectivity index (χ1v) is 9.82. The van der Waals surface area contributed by atoms with Crippen LogP contribution in [0.1, 0.15) is 17.0 Å². The van der Waals surface area contributed by atoms with Crippen LogP contribution in [-0.4, -0.2) is 14.8 Å². The fourth-order valence-corrected chi connectivity index (χ4v) is 4.82. The number of fused-ring (bicyclic) bond motifs is 1. The summed E-state index contributed by atoms with van der Waals surface area (Å²) in [5, 5.41) is 6.94. The first-order chi connectivity index (χ1) is 12.6. The molecule has 6 nitrogen and oxygen atoms in total. The number of nitrogens with two attached hydrogens (primary N) is 1. The molecule has 0 bridgehead atoms. The summed E-state index contributed by atoms with van der Waals surface area (Å²) < 4.78 is 6.31. The Kier molecular flexibility index (Phi) is 4.29. The zero-order chi connectivity index (χ0) is 18.3. The van der Waals surface area contributed by atoms with Crippen molar-refractivity contribution in [2.45, 2.75) is 24.8 Å². The molecule has 4 rings (SSSR count). The summed E-state index contributed by atoms with van der Waals surface area (Å²) >= 11 is 2.85. The second-order valence-electron chi connectivity index (χ2n) is 5.86. The van der Waals surface area contributed by atoms with Crippen LogP contribution in [0.15, 0.2) is 50.2 Å². The van der Waals surface area contributed by atoms with Crippen LogP contribution >= 0.6 is 23.1 Å². The Bertz CT molecular complexity index is 1130. The van der Waals surface area contributed by atoms with Crippen molar-refractivity contribution in [2.24, 2.45) is 0 Å². The van der Waals surface area contributed by atoms with E-state index in [1.807, 2.05) is 49.6 Å². The lowest BCUT2D eigenvalue weighted by Gasteiger charge is -2.07. The predicted octanol–water partition coefficient (Wildman–Crippen LogP) is 3.74. The van der Waals surface area contributed by atoms with Gasteiger partial charge in [-0.2, -0.15) is 0 Å². The topological polar surface area (TPSA) is 86.9 Å². The third kappa shape index (κ3) is 2.81. The van der Waals surface area contributed by atoms with E-state index in [2.05, 4.69) is 10.1 Å². The number of hydrogen-bond acceptors (Lipinski definition) is 7.